The molecule has 0 aliphatic carbocycles. The summed E-state index contributed by atoms with van der Waals surface area (Å²) < 4.78 is 4.94. The van der Waals surface area contributed by atoms with Gasteiger partial charge in [-0.1, -0.05) is 6.07 Å². The zero-order valence-corrected chi connectivity index (χ0v) is 8.68. The largest absolute Gasteiger partial charge is 0.459 e. The minimum atomic E-state index is -0.622. The molecule has 0 saturated carbocycles. The summed E-state index contributed by atoms with van der Waals surface area (Å²) >= 11 is 5.45. The Morgan fingerprint density at radius 2 is 2.54 bits per heavy atom. The van der Waals surface area contributed by atoms with Gasteiger partial charge in [0.25, 0.3) is 0 Å². The minimum Gasteiger partial charge on any atom is -0.459 e. The van der Waals surface area contributed by atoms with E-state index in [2.05, 4.69) is 12.6 Å². The SMILES string of the molecule is NC(CS)C(=O)OCc1cccs1. The molecule has 1 atom stereocenters. The first-order chi connectivity index (χ1) is 6.24. The number of ether oxygens (including phenoxy) is 1. The lowest BCUT2D eigenvalue weighted by molar-refractivity contribution is -0.145. The van der Waals surface area contributed by atoms with Crippen molar-refractivity contribution in [3.63, 3.8) is 0 Å². The van der Waals surface area contributed by atoms with E-state index in [-0.39, 0.29) is 0 Å². The second kappa shape index (κ2) is 5.26. The Morgan fingerprint density at radius 3 is 3.08 bits per heavy atom. The van der Waals surface area contributed by atoms with Gasteiger partial charge in [0.2, 0.25) is 0 Å². The molecule has 5 heteroatoms. The third kappa shape index (κ3) is 3.38. The van der Waals surface area contributed by atoms with Crippen LogP contribution < -0.4 is 5.73 Å². The quantitative estimate of drug-likeness (QED) is 0.585. The summed E-state index contributed by atoms with van der Waals surface area (Å²) in [4.78, 5) is 12.1. The van der Waals surface area contributed by atoms with Gasteiger partial charge in [-0.15, -0.1) is 11.3 Å². The number of thiophene rings is 1. The molecule has 1 aromatic rings. The zero-order valence-electron chi connectivity index (χ0n) is 6.97. The number of carbonyl (C=O) groups excluding carboxylic acids is 1. The topological polar surface area (TPSA) is 52.3 Å². The van der Waals surface area contributed by atoms with Crippen molar-refractivity contribution in [3.05, 3.63) is 22.4 Å². The fourth-order valence-electron chi connectivity index (χ4n) is 0.719. The average molecular weight is 217 g/mol. The van der Waals surface area contributed by atoms with Crippen LogP contribution in [0, 0.1) is 0 Å². The molecule has 0 spiro atoms. The Bertz CT molecular complexity index is 261. The smallest absolute Gasteiger partial charge is 0.324 e. The molecule has 13 heavy (non-hydrogen) atoms. The maximum atomic E-state index is 11.1. The molecule has 0 aliphatic rings. The van der Waals surface area contributed by atoms with Gasteiger partial charge in [0.1, 0.15) is 12.6 Å². The molecule has 0 aromatic carbocycles. The molecule has 0 bridgehead atoms. The Labute approximate surface area is 86.3 Å². The van der Waals surface area contributed by atoms with E-state index in [0.29, 0.717) is 12.4 Å². The van der Waals surface area contributed by atoms with Crippen LogP contribution >= 0.6 is 24.0 Å². The summed E-state index contributed by atoms with van der Waals surface area (Å²) in [6, 6.07) is 3.19. The van der Waals surface area contributed by atoms with Gasteiger partial charge in [-0.3, -0.25) is 4.79 Å². The second-order valence-electron chi connectivity index (χ2n) is 2.48. The Balaban J connectivity index is 2.31. The molecule has 1 unspecified atom stereocenters. The minimum absolute atomic E-state index is 0.304. The monoisotopic (exact) mass is 217 g/mol. The number of esters is 1. The van der Waals surface area contributed by atoms with Crippen molar-refractivity contribution < 1.29 is 9.53 Å². The summed E-state index contributed by atoms with van der Waals surface area (Å²) in [5.41, 5.74) is 5.41. The fraction of sp³-hybridized carbons (Fsp3) is 0.375. The molecule has 72 valence electrons. The van der Waals surface area contributed by atoms with Crippen LogP contribution in [0.5, 0.6) is 0 Å². The van der Waals surface area contributed by atoms with E-state index >= 15 is 0 Å². The van der Waals surface area contributed by atoms with E-state index in [0.717, 1.165) is 4.88 Å². The summed E-state index contributed by atoms with van der Waals surface area (Å²) in [7, 11) is 0. The van der Waals surface area contributed by atoms with Crippen molar-refractivity contribution in [2.24, 2.45) is 5.73 Å². The molecule has 1 aromatic heterocycles. The number of nitrogens with two attached hydrogens (primary N) is 1. The van der Waals surface area contributed by atoms with Gasteiger partial charge in [-0.2, -0.15) is 12.6 Å². The fourth-order valence-corrected chi connectivity index (χ4v) is 1.48. The maximum Gasteiger partial charge on any atom is 0.324 e. The van der Waals surface area contributed by atoms with Gasteiger partial charge in [0.05, 0.1) is 0 Å². The van der Waals surface area contributed by atoms with Crippen molar-refractivity contribution >= 4 is 29.9 Å². The number of rotatable bonds is 4. The van der Waals surface area contributed by atoms with E-state index in [1.807, 2.05) is 17.5 Å². The van der Waals surface area contributed by atoms with Crippen molar-refractivity contribution in [3.8, 4) is 0 Å². The van der Waals surface area contributed by atoms with Crippen LogP contribution in [0.1, 0.15) is 4.88 Å². The van der Waals surface area contributed by atoms with Crippen LogP contribution in [0.2, 0.25) is 0 Å². The Morgan fingerprint density at radius 1 is 1.77 bits per heavy atom. The van der Waals surface area contributed by atoms with Gasteiger partial charge in [-0.25, -0.2) is 0 Å². The molecular formula is C8H11NO2S2. The van der Waals surface area contributed by atoms with Crippen LogP contribution in [-0.2, 0) is 16.1 Å². The van der Waals surface area contributed by atoms with Crippen LogP contribution in [0.15, 0.2) is 17.5 Å². The highest BCUT2D eigenvalue weighted by Gasteiger charge is 2.12. The van der Waals surface area contributed by atoms with Crippen LogP contribution in [0.25, 0.3) is 0 Å². The van der Waals surface area contributed by atoms with Crippen molar-refractivity contribution in [2.75, 3.05) is 5.75 Å². The van der Waals surface area contributed by atoms with Crippen LogP contribution in [-0.4, -0.2) is 17.8 Å². The van der Waals surface area contributed by atoms with E-state index in [9.17, 15) is 4.79 Å². The first-order valence-electron chi connectivity index (χ1n) is 3.79. The molecule has 3 nitrogen and oxygen atoms in total. The number of carbonyl (C=O) groups is 1. The third-order valence-corrected chi connectivity index (χ3v) is 2.68. The molecule has 0 fully saturated rings. The normalized spacial score (nSPS) is 12.5. The first kappa shape index (κ1) is 10.6. The van der Waals surface area contributed by atoms with Gasteiger partial charge in [-0.05, 0) is 11.4 Å². The van der Waals surface area contributed by atoms with Crippen molar-refractivity contribution in [1.29, 1.82) is 0 Å². The molecule has 0 aliphatic heterocycles. The van der Waals surface area contributed by atoms with E-state index in [4.69, 9.17) is 10.5 Å². The molecule has 1 rings (SSSR count). The van der Waals surface area contributed by atoms with E-state index in [1.54, 1.807) is 11.3 Å². The molecule has 0 radical (unpaired) electrons. The predicted molar refractivity (Wildman–Crippen MR) is 55.9 cm³/mol. The lowest BCUT2D eigenvalue weighted by Gasteiger charge is -2.07. The third-order valence-electron chi connectivity index (χ3n) is 1.44. The summed E-state index contributed by atoms with van der Waals surface area (Å²) in [5.74, 6) is -0.0908. The van der Waals surface area contributed by atoms with Gasteiger partial charge in [0, 0.05) is 10.6 Å². The van der Waals surface area contributed by atoms with Crippen molar-refractivity contribution in [1.82, 2.24) is 0 Å². The van der Waals surface area contributed by atoms with E-state index < -0.39 is 12.0 Å². The second-order valence-corrected chi connectivity index (χ2v) is 3.87. The standard InChI is InChI=1S/C8H11NO2S2/c9-7(5-12)8(10)11-4-6-2-1-3-13-6/h1-3,7,12H,4-5,9H2. The van der Waals surface area contributed by atoms with E-state index in [1.165, 1.54) is 0 Å². The highest BCUT2D eigenvalue weighted by atomic mass is 32.1. The molecule has 1 heterocycles. The molecule has 0 amide bonds. The van der Waals surface area contributed by atoms with Gasteiger partial charge < -0.3 is 10.5 Å². The highest BCUT2D eigenvalue weighted by Crippen LogP contribution is 2.09. The molecule has 0 saturated heterocycles. The summed E-state index contributed by atoms with van der Waals surface area (Å²) in [6.45, 7) is 0.304. The van der Waals surface area contributed by atoms with Crippen LogP contribution in [0.4, 0.5) is 0 Å². The Hall–Kier alpha value is -0.520. The summed E-state index contributed by atoms with van der Waals surface area (Å²) in [5, 5.41) is 1.93. The molecular weight excluding hydrogens is 206 g/mol. The predicted octanol–water partition coefficient (Wildman–Crippen LogP) is 1.05. The summed E-state index contributed by atoms with van der Waals surface area (Å²) in [6.07, 6.45) is 0. The van der Waals surface area contributed by atoms with Crippen molar-refractivity contribution in [2.45, 2.75) is 12.6 Å². The average Bonchev–Trinajstić information content (AvgIpc) is 2.65. The number of hydrogen-bond donors (Lipinski definition) is 2. The Kier molecular flexibility index (Phi) is 4.27. The number of hydrogen-bond acceptors (Lipinski definition) is 5. The highest BCUT2D eigenvalue weighted by molar-refractivity contribution is 7.80. The molecule has 2 N–H and O–H groups in total. The number of thiol groups is 1. The van der Waals surface area contributed by atoms with Gasteiger partial charge in [0.15, 0.2) is 0 Å². The van der Waals surface area contributed by atoms with Gasteiger partial charge >= 0.3 is 5.97 Å². The maximum absolute atomic E-state index is 11.1. The van der Waals surface area contributed by atoms with Crippen LogP contribution in [0.3, 0.4) is 0 Å². The lowest BCUT2D eigenvalue weighted by Crippen LogP contribution is -2.33. The first-order valence-corrected chi connectivity index (χ1v) is 5.30. The zero-order chi connectivity index (χ0) is 9.68. The lowest BCUT2D eigenvalue weighted by atomic mass is 10.4.